The first-order valence-corrected chi connectivity index (χ1v) is 8.76. The van der Waals surface area contributed by atoms with Crippen molar-refractivity contribution in [3.05, 3.63) is 0 Å². The van der Waals surface area contributed by atoms with E-state index in [1.807, 2.05) is 6.92 Å². The Morgan fingerprint density at radius 2 is 2.00 bits per heavy atom. The van der Waals surface area contributed by atoms with Crippen LogP contribution in [0.2, 0.25) is 0 Å². The van der Waals surface area contributed by atoms with Crippen LogP contribution in [-0.2, 0) is 10.0 Å². The van der Waals surface area contributed by atoms with Gasteiger partial charge in [0, 0.05) is 19.6 Å². The van der Waals surface area contributed by atoms with Crippen LogP contribution in [0.3, 0.4) is 0 Å². The molecule has 0 aromatic carbocycles. The van der Waals surface area contributed by atoms with Crippen LogP contribution in [-0.4, -0.2) is 44.7 Å². The maximum atomic E-state index is 12.2. The highest BCUT2D eigenvalue weighted by atomic mass is 32.2. The van der Waals surface area contributed by atoms with Crippen molar-refractivity contribution in [2.24, 2.45) is 11.8 Å². The molecular formula is C13H28N2O2S. The van der Waals surface area contributed by atoms with Crippen molar-refractivity contribution in [3.8, 4) is 0 Å². The van der Waals surface area contributed by atoms with E-state index in [1.54, 1.807) is 4.31 Å². The lowest BCUT2D eigenvalue weighted by molar-refractivity contribution is 0.340. The van der Waals surface area contributed by atoms with Crippen molar-refractivity contribution >= 4 is 10.0 Å². The fourth-order valence-electron chi connectivity index (χ4n) is 2.55. The molecule has 0 radical (unpaired) electrons. The molecule has 0 amide bonds. The SMILES string of the molecule is CCNCCS(=O)(=O)N1CCCC(C(C)C)CC1. The molecule has 1 atom stereocenters. The van der Waals surface area contributed by atoms with Gasteiger partial charge in [0.05, 0.1) is 5.75 Å². The molecule has 1 aliphatic heterocycles. The van der Waals surface area contributed by atoms with Gasteiger partial charge in [-0.25, -0.2) is 12.7 Å². The molecule has 4 nitrogen and oxygen atoms in total. The summed E-state index contributed by atoms with van der Waals surface area (Å²) in [4.78, 5) is 0. The minimum Gasteiger partial charge on any atom is -0.316 e. The normalized spacial score (nSPS) is 23.2. The van der Waals surface area contributed by atoms with Crippen molar-refractivity contribution in [1.82, 2.24) is 9.62 Å². The molecule has 1 saturated heterocycles. The van der Waals surface area contributed by atoms with Crippen LogP contribution in [0.1, 0.15) is 40.0 Å². The van der Waals surface area contributed by atoms with Gasteiger partial charge in [0.15, 0.2) is 0 Å². The summed E-state index contributed by atoms with van der Waals surface area (Å²) < 4.78 is 26.1. The van der Waals surface area contributed by atoms with Gasteiger partial charge in [-0.1, -0.05) is 20.8 Å². The van der Waals surface area contributed by atoms with Gasteiger partial charge in [-0.15, -0.1) is 0 Å². The number of sulfonamides is 1. The summed E-state index contributed by atoms with van der Waals surface area (Å²) in [7, 11) is -3.06. The highest BCUT2D eigenvalue weighted by molar-refractivity contribution is 7.89. The molecule has 1 aliphatic rings. The molecule has 1 fully saturated rings. The van der Waals surface area contributed by atoms with Gasteiger partial charge in [0.1, 0.15) is 0 Å². The average Bonchev–Trinajstić information content (AvgIpc) is 2.55. The van der Waals surface area contributed by atoms with Crippen LogP contribution in [0.5, 0.6) is 0 Å². The van der Waals surface area contributed by atoms with Crippen molar-refractivity contribution < 1.29 is 8.42 Å². The maximum Gasteiger partial charge on any atom is 0.215 e. The summed E-state index contributed by atoms with van der Waals surface area (Å²) in [5, 5.41) is 3.08. The van der Waals surface area contributed by atoms with E-state index >= 15 is 0 Å². The Labute approximate surface area is 112 Å². The zero-order valence-corrected chi connectivity index (χ0v) is 12.8. The van der Waals surface area contributed by atoms with E-state index in [0.29, 0.717) is 31.5 Å². The standard InChI is InChI=1S/C13H28N2O2S/c1-4-14-8-11-18(16,17)15-9-5-6-13(7-10-15)12(2)3/h12-14H,4-11H2,1-3H3. The number of hydrogen-bond donors (Lipinski definition) is 1. The molecule has 1 heterocycles. The van der Waals surface area contributed by atoms with Gasteiger partial charge in [-0.2, -0.15) is 0 Å². The molecule has 0 aromatic heterocycles. The van der Waals surface area contributed by atoms with E-state index in [0.717, 1.165) is 25.8 Å². The minimum atomic E-state index is -3.06. The summed E-state index contributed by atoms with van der Waals surface area (Å²) in [6.45, 7) is 9.26. The fourth-order valence-corrected chi connectivity index (χ4v) is 4.00. The summed E-state index contributed by atoms with van der Waals surface area (Å²) in [5.41, 5.74) is 0. The Morgan fingerprint density at radius 1 is 1.28 bits per heavy atom. The zero-order valence-electron chi connectivity index (χ0n) is 12.0. The average molecular weight is 276 g/mol. The third kappa shape index (κ3) is 4.86. The first-order chi connectivity index (χ1) is 8.47. The molecule has 0 aromatic rings. The van der Waals surface area contributed by atoms with Crippen LogP contribution in [0.15, 0.2) is 0 Å². The van der Waals surface area contributed by atoms with Crippen molar-refractivity contribution in [1.29, 1.82) is 0 Å². The van der Waals surface area contributed by atoms with Crippen LogP contribution < -0.4 is 5.32 Å². The third-order valence-corrected chi connectivity index (χ3v) is 5.73. The summed E-state index contributed by atoms with van der Waals surface area (Å²) in [6.07, 6.45) is 3.18. The molecular weight excluding hydrogens is 248 g/mol. The Balaban J connectivity index is 2.51. The largest absolute Gasteiger partial charge is 0.316 e. The quantitative estimate of drug-likeness (QED) is 0.751. The predicted molar refractivity (Wildman–Crippen MR) is 76.1 cm³/mol. The van der Waals surface area contributed by atoms with Gasteiger partial charge in [-0.3, -0.25) is 0 Å². The molecule has 18 heavy (non-hydrogen) atoms. The van der Waals surface area contributed by atoms with E-state index in [1.165, 1.54) is 0 Å². The maximum absolute atomic E-state index is 12.2. The van der Waals surface area contributed by atoms with E-state index in [4.69, 9.17) is 0 Å². The third-order valence-electron chi connectivity index (χ3n) is 3.85. The molecule has 0 saturated carbocycles. The van der Waals surface area contributed by atoms with Crippen LogP contribution >= 0.6 is 0 Å². The first kappa shape index (κ1) is 15.9. The van der Waals surface area contributed by atoms with E-state index in [-0.39, 0.29) is 5.75 Å². The Hall–Kier alpha value is -0.130. The van der Waals surface area contributed by atoms with Crippen LogP contribution in [0.25, 0.3) is 0 Å². The number of nitrogens with one attached hydrogen (secondary N) is 1. The molecule has 0 bridgehead atoms. The fraction of sp³-hybridized carbons (Fsp3) is 1.00. The number of nitrogens with zero attached hydrogens (tertiary/aromatic N) is 1. The van der Waals surface area contributed by atoms with Crippen molar-refractivity contribution in [2.45, 2.75) is 40.0 Å². The summed E-state index contributed by atoms with van der Waals surface area (Å²) in [6, 6.07) is 0. The topological polar surface area (TPSA) is 49.4 Å². The molecule has 1 rings (SSSR count). The Kier molecular flexibility index (Phi) is 6.60. The van der Waals surface area contributed by atoms with E-state index < -0.39 is 10.0 Å². The smallest absolute Gasteiger partial charge is 0.215 e. The van der Waals surface area contributed by atoms with Gasteiger partial charge in [-0.05, 0) is 37.6 Å². The van der Waals surface area contributed by atoms with Gasteiger partial charge >= 0.3 is 0 Å². The lowest BCUT2D eigenvalue weighted by Crippen LogP contribution is -2.37. The predicted octanol–water partition coefficient (Wildman–Crippen LogP) is 1.68. The molecule has 1 N–H and O–H groups in total. The molecule has 0 aliphatic carbocycles. The Morgan fingerprint density at radius 3 is 2.61 bits per heavy atom. The van der Waals surface area contributed by atoms with Crippen LogP contribution in [0, 0.1) is 11.8 Å². The summed E-state index contributed by atoms with van der Waals surface area (Å²) >= 11 is 0. The second-order valence-electron chi connectivity index (χ2n) is 5.50. The minimum absolute atomic E-state index is 0.229. The van der Waals surface area contributed by atoms with Crippen molar-refractivity contribution in [3.63, 3.8) is 0 Å². The summed E-state index contributed by atoms with van der Waals surface area (Å²) in [5.74, 6) is 1.57. The van der Waals surface area contributed by atoms with Gasteiger partial charge in [0.2, 0.25) is 10.0 Å². The highest BCUT2D eigenvalue weighted by Gasteiger charge is 2.26. The second kappa shape index (κ2) is 7.46. The molecule has 1 unspecified atom stereocenters. The van der Waals surface area contributed by atoms with E-state index in [9.17, 15) is 8.42 Å². The zero-order chi connectivity index (χ0) is 13.6. The van der Waals surface area contributed by atoms with Crippen LogP contribution in [0.4, 0.5) is 0 Å². The molecule has 0 spiro atoms. The monoisotopic (exact) mass is 276 g/mol. The van der Waals surface area contributed by atoms with Gasteiger partial charge < -0.3 is 5.32 Å². The number of hydrogen-bond acceptors (Lipinski definition) is 3. The van der Waals surface area contributed by atoms with E-state index in [2.05, 4.69) is 19.2 Å². The lowest BCUT2D eigenvalue weighted by Gasteiger charge is -2.21. The molecule has 5 heteroatoms. The first-order valence-electron chi connectivity index (χ1n) is 7.16. The number of rotatable bonds is 6. The van der Waals surface area contributed by atoms with Crippen molar-refractivity contribution in [2.75, 3.05) is 31.9 Å². The lowest BCUT2D eigenvalue weighted by atomic mass is 9.89. The molecule has 108 valence electrons. The Bertz CT molecular complexity index is 328. The highest BCUT2D eigenvalue weighted by Crippen LogP contribution is 2.25. The second-order valence-corrected chi connectivity index (χ2v) is 7.59. The van der Waals surface area contributed by atoms with Gasteiger partial charge in [0.25, 0.3) is 0 Å².